The first-order chi connectivity index (χ1) is 8.49. The normalized spacial score (nSPS) is 10.4. The van der Waals surface area contributed by atoms with Crippen LogP contribution in [0.3, 0.4) is 0 Å². The van der Waals surface area contributed by atoms with Crippen LogP contribution in [0.2, 0.25) is 0 Å². The SMILES string of the molecule is Cc1ccc(F)c(C(=O)c2cc(Br)ccc2C)c1. The van der Waals surface area contributed by atoms with Crippen LogP contribution in [0.4, 0.5) is 4.39 Å². The number of ketones is 1. The van der Waals surface area contributed by atoms with Crippen molar-refractivity contribution in [1.82, 2.24) is 0 Å². The summed E-state index contributed by atoms with van der Waals surface area (Å²) in [7, 11) is 0. The van der Waals surface area contributed by atoms with Crippen LogP contribution in [0.15, 0.2) is 40.9 Å². The van der Waals surface area contributed by atoms with Crippen molar-refractivity contribution in [2.45, 2.75) is 13.8 Å². The predicted octanol–water partition coefficient (Wildman–Crippen LogP) is 4.44. The van der Waals surface area contributed by atoms with E-state index in [0.717, 1.165) is 15.6 Å². The van der Waals surface area contributed by atoms with Crippen LogP contribution in [0.5, 0.6) is 0 Å². The summed E-state index contributed by atoms with van der Waals surface area (Å²) in [5.74, 6) is -0.764. The van der Waals surface area contributed by atoms with Gasteiger partial charge in [-0.3, -0.25) is 4.79 Å². The van der Waals surface area contributed by atoms with Gasteiger partial charge in [0.15, 0.2) is 5.78 Å². The Morgan fingerprint density at radius 2 is 1.78 bits per heavy atom. The fourth-order valence-corrected chi connectivity index (χ4v) is 2.16. The lowest BCUT2D eigenvalue weighted by atomic mass is 9.98. The second-order valence-corrected chi connectivity index (χ2v) is 5.19. The minimum Gasteiger partial charge on any atom is -0.288 e. The van der Waals surface area contributed by atoms with Gasteiger partial charge in [0.05, 0.1) is 5.56 Å². The van der Waals surface area contributed by atoms with Gasteiger partial charge in [0.2, 0.25) is 0 Å². The maximum Gasteiger partial charge on any atom is 0.196 e. The first-order valence-corrected chi connectivity index (χ1v) is 6.35. The van der Waals surface area contributed by atoms with Gasteiger partial charge in [-0.2, -0.15) is 0 Å². The van der Waals surface area contributed by atoms with Crippen molar-refractivity contribution in [3.05, 3.63) is 68.9 Å². The molecule has 0 spiro atoms. The van der Waals surface area contributed by atoms with Gasteiger partial charge < -0.3 is 0 Å². The summed E-state index contributed by atoms with van der Waals surface area (Å²) in [5, 5.41) is 0. The fourth-order valence-electron chi connectivity index (χ4n) is 1.80. The summed E-state index contributed by atoms with van der Waals surface area (Å²) >= 11 is 3.32. The summed E-state index contributed by atoms with van der Waals surface area (Å²) in [6.45, 7) is 3.68. The molecule has 0 bridgehead atoms. The van der Waals surface area contributed by atoms with E-state index in [9.17, 15) is 9.18 Å². The average molecular weight is 307 g/mol. The van der Waals surface area contributed by atoms with Crippen LogP contribution < -0.4 is 0 Å². The van der Waals surface area contributed by atoms with Gasteiger partial charge in [-0.25, -0.2) is 4.39 Å². The molecule has 0 N–H and O–H groups in total. The molecular formula is C15H12BrFO. The first kappa shape index (κ1) is 13.0. The Bertz CT molecular complexity index is 566. The third kappa shape index (κ3) is 2.51. The number of carbonyl (C=O) groups excluding carboxylic acids is 1. The quantitative estimate of drug-likeness (QED) is 0.750. The zero-order chi connectivity index (χ0) is 13.3. The molecule has 18 heavy (non-hydrogen) atoms. The Morgan fingerprint density at radius 3 is 2.50 bits per heavy atom. The van der Waals surface area contributed by atoms with Gasteiger partial charge in [0.1, 0.15) is 5.82 Å². The fraction of sp³-hybridized carbons (Fsp3) is 0.133. The van der Waals surface area contributed by atoms with Crippen LogP contribution in [0.25, 0.3) is 0 Å². The highest BCUT2D eigenvalue weighted by atomic mass is 79.9. The number of rotatable bonds is 2. The van der Waals surface area contributed by atoms with Crippen molar-refractivity contribution in [2.75, 3.05) is 0 Å². The lowest BCUT2D eigenvalue weighted by Gasteiger charge is -2.07. The van der Waals surface area contributed by atoms with E-state index in [1.807, 2.05) is 26.0 Å². The molecule has 0 unspecified atom stereocenters. The molecule has 1 nitrogen and oxygen atoms in total. The van der Waals surface area contributed by atoms with Crippen LogP contribution >= 0.6 is 15.9 Å². The van der Waals surface area contributed by atoms with E-state index < -0.39 is 5.82 Å². The van der Waals surface area contributed by atoms with E-state index >= 15 is 0 Å². The molecule has 0 aliphatic heterocycles. The van der Waals surface area contributed by atoms with Crippen LogP contribution in [-0.2, 0) is 0 Å². The molecule has 2 rings (SSSR count). The van der Waals surface area contributed by atoms with Crippen molar-refractivity contribution >= 4 is 21.7 Å². The van der Waals surface area contributed by atoms with E-state index in [2.05, 4.69) is 15.9 Å². The molecule has 0 fully saturated rings. The molecule has 0 heterocycles. The van der Waals surface area contributed by atoms with Gasteiger partial charge in [0.25, 0.3) is 0 Å². The molecule has 2 aromatic carbocycles. The van der Waals surface area contributed by atoms with E-state index in [1.54, 1.807) is 18.2 Å². The van der Waals surface area contributed by atoms with Gasteiger partial charge >= 0.3 is 0 Å². The smallest absolute Gasteiger partial charge is 0.196 e. The van der Waals surface area contributed by atoms with E-state index in [0.29, 0.717) is 5.56 Å². The molecule has 0 aliphatic rings. The Hall–Kier alpha value is -1.48. The van der Waals surface area contributed by atoms with Crippen molar-refractivity contribution in [3.8, 4) is 0 Å². The molecule has 0 radical (unpaired) electrons. The molecule has 0 amide bonds. The maximum atomic E-state index is 13.7. The molecule has 3 heteroatoms. The summed E-state index contributed by atoms with van der Waals surface area (Å²) in [5.41, 5.74) is 2.35. The topological polar surface area (TPSA) is 17.1 Å². The van der Waals surface area contributed by atoms with Crippen LogP contribution in [-0.4, -0.2) is 5.78 Å². The summed E-state index contributed by atoms with van der Waals surface area (Å²) < 4.78 is 14.5. The number of hydrogen-bond acceptors (Lipinski definition) is 1. The minimum absolute atomic E-state index is 0.121. The third-order valence-electron chi connectivity index (χ3n) is 2.81. The molecule has 2 aromatic rings. The summed E-state index contributed by atoms with van der Waals surface area (Å²) in [6, 6.07) is 9.98. The summed E-state index contributed by atoms with van der Waals surface area (Å²) in [6.07, 6.45) is 0. The predicted molar refractivity (Wildman–Crippen MR) is 73.4 cm³/mol. The second-order valence-electron chi connectivity index (χ2n) is 4.27. The highest BCUT2D eigenvalue weighted by Gasteiger charge is 2.16. The van der Waals surface area contributed by atoms with Gasteiger partial charge in [0, 0.05) is 10.0 Å². The molecule has 0 saturated carbocycles. The molecule has 92 valence electrons. The molecular weight excluding hydrogens is 295 g/mol. The standard InChI is InChI=1S/C15H12BrFO/c1-9-3-6-14(17)13(7-9)15(18)12-8-11(16)5-4-10(12)2/h3-8H,1-2H3. The number of carbonyl (C=O) groups is 1. The third-order valence-corrected chi connectivity index (χ3v) is 3.30. The van der Waals surface area contributed by atoms with E-state index in [1.165, 1.54) is 6.07 Å². The van der Waals surface area contributed by atoms with Gasteiger partial charge in [-0.15, -0.1) is 0 Å². The van der Waals surface area contributed by atoms with Crippen molar-refractivity contribution in [2.24, 2.45) is 0 Å². The Balaban J connectivity index is 2.54. The minimum atomic E-state index is -0.482. The number of hydrogen-bond donors (Lipinski definition) is 0. The molecule has 0 atom stereocenters. The number of benzene rings is 2. The van der Waals surface area contributed by atoms with Crippen molar-refractivity contribution in [1.29, 1.82) is 0 Å². The average Bonchev–Trinajstić information content (AvgIpc) is 2.34. The maximum absolute atomic E-state index is 13.7. The lowest BCUT2D eigenvalue weighted by molar-refractivity contribution is 0.103. The van der Waals surface area contributed by atoms with Crippen LogP contribution in [0, 0.1) is 19.7 Å². The molecule has 0 saturated heterocycles. The highest BCUT2D eigenvalue weighted by Crippen LogP contribution is 2.21. The Morgan fingerprint density at radius 1 is 1.06 bits per heavy atom. The lowest BCUT2D eigenvalue weighted by Crippen LogP contribution is -2.06. The van der Waals surface area contributed by atoms with Crippen molar-refractivity contribution < 1.29 is 9.18 Å². The van der Waals surface area contributed by atoms with Crippen LogP contribution in [0.1, 0.15) is 27.0 Å². The van der Waals surface area contributed by atoms with Gasteiger partial charge in [-0.1, -0.05) is 33.6 Å². The molecule has 0 aliphatic carbocycles. The first-order valence-electron chi connectivity index (χ1n) is 5.56. The number of aryl methyl sites for hydroxylation is 2. The zero-order valence-electron chi connectivity index (χ0n) is 10.1. The van der Waals surface area contributed by atoms with E-state index in [4.69, 9.17) is 0 Å². The van der Waals surface area contributed by atoms with Crippen molar-refractivity contribution in [3.63, 3.8) is 0 Å². The number of halogens is 2. The van der Waals surface area contributed by atoms with Gasteiger partial charge in [-0.05, 0) is 43.7 Å². The Kier molecular flexibility index (Phi) is 3.62. The highest BCUT2D eigenvalue weighted by molar-refractivity contribution is 9.10. The summed E-state index contributed by atoms with van der Waals surface area (Å²) in [4.78, 5) is 12.3. The Labute approximate surface area is 114 Å². The largest absolute Gasteiger partial charge is 0.288 e. The second kappa shape index (κ2) is 5.02. The monoisotopic (exact) mass is 306 g/mol. The zero-order valence-corrected chi connectivity index (χ0v) is 11.7. The molecule has 0 aromatic heterocycles. The van der Waals surface area contributed by atoms with E-state index in [-0.39, 0.29) is 11.3 Å².